The maximum atomic E-state index is 12.4. The molecule has 0 bridgehead atoms. The van der Waals surface area contributed by atoms with Crippen LogP contribution in [0.5, 0.6) is 0 Å². The van der Waals surface area contributed by atoms with Crippen molar-refractivity contribution in [2.24, 2.45) is 0 Å². The molecule has 0 spiro atoms. The van der Waals surface area contributed by atoms with Gasteiger partial charge >= 0.3 is 0 Å². The van der Waals surface area contributed by atoms with Crippen LogP contribution >= 0.6 is 11.6 Å². The fourth-order valence-corrected chi connectivity index (χ4v) is 2.75. The minimum Gasteiger partial charge on any atom is -0.451 e. The molecule has 0 fully saturated rings. The lowest BCUT2D eigenvalue weighted by Gasteiger charge is -2.08. The van der Waals surface area contributed by atoms with Crippen LogP contribution < -0.4 is 5.32 Å². The van der Waals surface area contributed by atoms with Gasteiger partial charge in [0.1, 0.15) is 10.8 Å². The number of benzene rings is 2. The van der Waals surface area contributed by atoms with E-state index < -0.39 is 15.8 Å². The summed E-state index contributed by atoms with van der Waals surface area (Å²) in [4.78, 5) is 33.1. The van der Waals surface area contributed by atoms with Crippen LogP contribution in [0.4, 0.5) is 17.1 Å². The van der Waals surface area contributed by atoms with E-state index in [1.165, 1.54) is 42.5 Å². The molecule has 0 aliphatic rings. The quantitative estimate of drug-likeness (QED) is 0.474. The molecule has 0 unspecified atom stereocenters. The number of hydrogen-bond donors (Lipinski definition) is 1. The van der Waals surface area contributed by atoms with Gasteiger partial charge in [-0.3, -0.25) is 25.0 Å². The Bertz CT molecular complexity index is 1110. The Labute approximate surface area is 162 Å². The van der Waals surface area contributed by atoms with Gasteiger partial charge in [0.15, 0.2) is 5.76 Å². The summed E-state index contributed by atoms with van der Waals surface area (Å²) in [6.07, 6.45) is 0. The molecule has 0 radical (unpaired) electrons. The van der Waals surface area contributed by atoms with E-state index in [1.54, 1.807) is 13.0 Å². The van der Waals surface area contributed by atoms with Gasteiger partial charge in [-0.2, -0.15) is 0 Å². The fourth-order valence-electron chi connectivity index (χ4n) is 2.51. The van der Waals surface area contributed by atoms with Crippen LogP contribution in [-0.2, 0) is 0 Å². The Hall–Kier alpha value is -3.72. The number of carbonyl (C=O) groups excluding carboxylic acids is 1. The molecule has 10 heteroatoms. The van der Waals surface area contributed by atoms with Crippen LogP contribution in [0.3, 0.4) is 0 Å². The van der Waals surface area contributed by atoms with E-state index in [1.807, 2.05) is 0 Å². The van der Waals surface area contributed by atoms with E-state index in [0.717, 1.165) is 0 Å². The van der Waals surface area contributed by atoms with Gasteiger partial charge in [-0.05, 0) is 30.7 Å². The average molecular weight is 402 g/mol. The van der Waals surface area contributed by atoms with Crippen molar-refractivity contribution in [1.82, 2.24) is 0 Å². The van der Waals surface area contributed by atoms with Crippen molar-refractivity contribution >= 4 is 34.6 Å². The molecule has 2 aromatic carbocycles. The zero-order chi connectivity index (χ0) is 20.4. The summed E-state index contributed by atoms with van der Waals surface area (Å²) in [6.45, 7) is 1.59. The predicted molar refractivity (Wildman–Crippen MR) is 102 cm³/mol. The standard InChI is InChI=1S/C18H12ClN3O6/c1-10-7-15(22(26)27)13(19)9-14(10)20-18(23)17-6-5-16(28-17)11-3-2-4-12(8-11)21(24)25/h2-9H,1H3,(H,20,23). The number of hydrogen-bond acceptors (Lipinski definition) is 6. The number of nitrogens with one attached hydrogen (secondary N) is 1. The predicted octanol–water partition coefficient (Wildman–Crippen LogP) is 4.98. The first-order valence-corrected chi connectivity index (χ1v) is 8.24. The van der Waals surface area contributed by atoms with E-state index in [0.29, 0.717) is 16.8 Å². The van der Waals surface area contributed by atoms with E-state index in [4.69, 9.17) is 16.0 Å². The lowest BCUT2D eigenvalue weighted by Crippen LogP contribution is -2.12. The van der Waals surface area contributed by atoms with Crippen LogP contribution in [-0.4, -0.2) is 15.8 Å². The van der Waals surface area contributed by atoms with Crippen molar-refractivity contribution in [3.05, 3.63) is 85.1 Å². The molecule has 3 rings (SSSR count). The number of nitro benzene ring substituents is 2. The summed E-state index contributed by atoms with van der Waals surface area (Å²) in [5.41, 5.74) is 0.839. The summed E-state index contributed by atoms with van der Waals surface area (Å²) >= 11 is 5.88. The molecule has 142 valence electrons. The number of nitro groups is 2. The van der Waals surface area contributed by atoms with Gasteiger partial charge in [-0.25, -0.2) is 0 Å². The highest BCUT2D eigenvalue weighted by Gasteiger charge is 2.19. The van der Waals surface area contributed by atoms with Crippen molar-refractivity contribution in [2.75, 3.05) is 5.32 Å². The van der Waals surface area contributed by atoms with E-state index in [9.17, 15) is 25.0 Å². The van der Waals surface area contributed by atoms with Crippen LogP contribution in [0.15, 0.2) is 52.9 Å². The summed E-state index contributed by atoms with van der Waals surface area (Å²) in [6, 6.07) is 11.3. The smallest absolute Gasteiger partial charge is 0.291 e. The molecule has 28 heavy (non-hydrogen) atoms. The normalized spacial score (nSPS) is 10.5. The summed E-state index contributed by atoms with van der Waals surface area (Å²) in [5.74, 6) is -0.340. The minimum atomic E-state index is -0.612. The van der Waals surface area contributed by atoms with Crippen molar-refractivity contribution in [2.45, 2.75) is 6.92 Å². The Morgan fingerprint density at radius 1 is 1.07 bits per heavy atom. The first-order chi connectivity index (χ1) is 13.3. The topological polar surface area (TPSA) is 129 Å². The van der Waals surface area contributed by atoms with Crippen molar-refractivity contribution in [3.63, 3.8) is 0 Å². The Morgan fingerprint density at radius 3 is 2.50 bits per heavy atom. The summed E-state index contributed by atoms with van der Waals surface area (Å²) in [7, 11) is 0. The molecule has 1 N–H and O–H groups in total. The number of nitrogens with zero attached hydrogens (tertiary/aromatic N) is 2. The Balaban J connectivity index is 1.84. The lowest BCUT2D eigenvalue weighted by molar-refractivity contribution is -0.384. The average Bonchev–Trinajstić information content (AvgIpc) is 3.14. The maximum Gasteiger partial charge on any atom is 0.291 e. The van der Waals surface area contributed by atoms with Crippen LogP contribution in [0.1, 0.15) is 16.1 Å². The lowest BCUT2D eigenvalue weighted by atomic mass is 10.1. The zero-order valence-electron chi connectivity index (χ0n) is 14.3. The second kappa shape index (κ2) is 7.49. The zero-order valence-corrected chi connectivity index (χ0v) is 15.1. The number of aryl methyl sites for hydroxylation is 1. The van der Waals surface area contributed by atoms with E-state index in [-0.39, 0.29) is 27.9 Å². The third-order valence-electron chi connectivity index (χ3n) is 3.91. The maximum absolute atomic E-state index is 12.4. The highest BCUT2D eigenvalue weighted by Crippen LogP contribution is 2.31. The number of non-ortho nitro benzene ring substituents is 1. The molecule has 0 saturated heterocycles. The van der Waals surface area contributed by atoms with Gasteiger partial charge < -0.3 is 9.73 Å². The first-order valence-electron chi connectivity index (χ1n) is 7.87. The van der Waals surface area contributed by atoms with Crippen LogP contribution in [0, 0.1) is 27.2 Å². The highest BCUT2D eigenvalue weighted by molar-refractivity contribution is 6.33. The number of amides is 1. The molecule has 0 aliphatic carbocycles. The second-order valence-electron chi connectivity index (χ2n) is 5.80. The van der Waals surface area contributed by atoms with Gasteiger partial charge in [0.05, 0.1) is 9.85 Å². The highest BCUT2D eigenvalue weighted by atomic mass is 35.5. The van der Waals surface area contributed by atoms with Gasteiger partial charge in [0.25, 0.3) is 17.3 Å². The molecule has 0 aliphatic heterocycles. The molecule has 1 amide bonds. The molecular formula is C18H12ClN3O6. The number of anilines is 1. The molecule has 0 atom stereocenters. The fraction of sp³-hybridized carbons (Fsp3) is 0.0556. The number of carbonyl (C=O) groups is 1. The molecule has 0 saturated carbocycles. The Morgan fingerprint density at radius 2 is 1.82 bits per heavy atom. The third-order valence-corrected chi connectivity index (χ3v) is 4.21. The number of rotatable bonds is 5. The molecule has 1 heterocycles. The monoisotopic (exact) mass is 401 g/mol. The summed E-state index contributed by atoms with van der Waals surface area (Å²) < 4.78 is 5.49. The largest absolute Gasteiger partial charge is 0.451 e. The second-order valence-corrected chi connectivity index (χ2v) is 6.21. The van der Waals surface area contributed by atoms with Gasteiger partial charge in [0.2, 0.25) is 0 Å². The van der Waals surface area contributed by atoms with E-state index in [2.05, 4.69) is 5.32 Å². The first kappa shape index (κ1) is 19.1. The number of furan rings is 1. The molecule has 9 nitrogen and oxygen atoms in total. The SMILES string of the molecule is Cc1cc([N+](=O)[O-])c(Cl)cc1NC(=O)c1ccc(-c2cccc([N+](=O)[O-])c2)o1. The molecule has 1 aromatic heterocycles. The van der Waals surface area contributed by atoms with Gasteiger partial charge in [-0.1, -0.05) is 23.7 Å². The molecule has 3 aromatic rings. The van der Waals surface area contributed by atoms with E-state index >= 15 is 0 Å². The number of halogens is 1. The van der Waals surface area contributed by atoms with Gasteiger partial charge in [0, 0.05) is 29.4 Å². The summed E-state index contributed by atoms with van der Waals surface area (Å²) in [5, 5.41) is 24.3. The van der Waals surface area contributed by atoms with Crippen molar-refractivity contribution < 1.29 is 19.1 Å². The molecular weight excluding hydrogens is 390 g/mol. The third kappa shape index (κ3) is 3.84. The van der Waals surface area contributed by atoms with Crippen LogP contribution in [0.2, 0.25) is 5.02 Å². The Kier molecular flexibility index (Phi) is 5.10. The minimum absolute atomic E-state index is 0.0321. The van der Waals surface area contributed by atoms with Crippen molar-refractivity contribution in [1.29, 1.82) is 0 Å². The van der Waals surface area contributed by atoms with Crippen molar-refractivity contribution in [3.8, 4) is 11.3 Å². The van der Waals surface area contributed by atoms with Gasteiger partial charge in [-0.15, -0.1) is 0 Å². The van der Waals surface area contributed by atoms with Crippen LogP contribution in [0.25, 0.3) is 11.3 Å².